The highest BCUT2D eigenvalue weighted by Gasteiger charge is 2.45. The Morgan fingerprint density at radius 3 is 2.95 bits per heavy atom. The first-order valence-corrected chi connectivity index (χ1v) is 7.21. The van der Waals surface area contributed by atoms with Gasteiger partial charge in [0.2, 0.25) is 0 Å². The third kappa shape index (κ3) is 2.56. The summed E-state index contributed by atoms with van der Waals surface area (Å²) >= 11 is 6.26. The van der Waals surface area contributed by atoms with Gasteiger partial charge in [-0.3, -0.25) is 0 Å². The zero-order valence-corrected chi connectivity index (χ0v) is 11.6. The molecule has 0 unspecified atom stereocenters. The number of nitriles is 1. The minimum absolute atomic E-state index is 0.415. The molecule has 0 bridgehead atoms. The third-order valence-corrected chi connectivity index (χ3v) is 4.68. The van der Waals surface area contributed by atoms with E-state index in [9.17, 15) is 0 Å². The van der Waals surface area contributed by atoms with Crippen molar-refractivity contribution in [2.45, 2.75) is 31.7 Å². The molecule has 1 aromatic carbocycles. The van der Waals surface area contributed by atoms with Gasteiger partial charge in [-0.1, -0.05) is 17.7 Å². The van der Waals surface area contributed by atoms with Gasteiger partial charge in [0, 0.05) is 12.6 Å². The average molecular weight is 276 g/mol. The van der Waals surface area contributed by atoms with Gasteiger partial charge in [-0.15, -0.1) is 0 Å². The highest BCUT2D eigenvalue weighted by atomic mass is 35.5. The molecule has 19 heavy (non-hydrogen) atoms. The van der Waals surface area contributed by atoms with E-state index in [1.807, 2.05) is 18.2 Å². The van der Waals surface area contributed by atoms with Gasteiger partial charge >= 0.3 is 0 Å². The number of hydrogen-bond donors (Lipinski definition) is 2. The molecule has 1 spiro atoms. The number of benzene rings is 1. The number of halogens is 1. The van der Waals surface area contributed by atoms with Crippen LogP contribution in [-0.4, -0.2) is 19.1 Å². The fraction of sp³-hybridized carbons (Fsp3) is 0.533. The van der Waals surface area contributed by atoms with Gasteiger partial charge < -0.3 is 10.6 Å². The molecule has 0 amide bonds. The Labute approximate surface area is 118 Å². The first kappa shape index (κ1) is 12.8. The van der Waals surface area contributed by atoms with Crippen LogP contribution in [0.3, 0.4) is 0 Å². The highest BCUT2D eigenvalue weighted by Crippen LogP contribution is 2.47. The molecular weight excluding hydrogens is 258 g/mol. The van der Waals surface area contributed by atoms with Crippen molar-refractivity contribution < 1.29 is 0 Å². The van der Waals surface area contributed by atoms with E-state index in [4.69, 9.17) is 16.9 Å². The van der Waals surface area contributed by atoms with Gasteiger partial charge in [0.05, 0.1) is 23.2 Å². The van der Waals surface area contributed by atoms with E-state index < -0.39 is 0 Å². The molecule has 0 atom stereocenters. The summed E-state index contributed by atoms with van der Waals surface area (Å²) in [4.78, 5) is 0. The van der Waals surface area contributed by atoms with E-state index in [0.717, 1.165) is 22.8 Å². The van der Waals surface area contributed by atoms with Crippen LogP contribution in [0.15, 0.2) is 18.2 Å². The maximum Gasteiger partial charge on any atom is 0.0669 e. The molecule has 100 valence electrons. The van der Waals surface area contributed by atoms with E-state index >= 15 is 0 Å². The molecule has 2 N–H and O–H groups in total. The Bertz CT molecular complexity index is 507. The van der Waals surface area contributed by atoms with Crippen molar-refractivity contribution in [2.24, 2.45) is 5.41 Å². The molecule has 2 aliphatic rings. The first-order valence-electron chi connectivity index (χ1n) is 6.83. The van der Waals surface area contributed by atoms with Crippen LogP contribution in [0.4, 0.5) is 5.69 Å². The van der Waals surface area contributed by atoms with E-state index in [2.05, 4.69) is 16.7 Å². The van der Waals surface area contributed by atoms with Crippen molar-refractivity contribution in [3.8, 4) is 6.07 Å². The Hall–Kier alpha value is -1.24. The summed E-state index contributed by atoms with van der Waals surface area (Å²) in [6.07, 6.45) is 4.19. The smallest absolute Gasteiger partial charge is 0.0669 e. The predicted molar refractivity (Wildman–Crippen MR) is 77.3 cm³/mol. The molecule has 4 heteroatoms. The lowest BCUT2D eigenvalue weighted by Crippen LogP contribution is -2.46. The van der Waals surface area contributed by atoms with Crippen molar-refractivity contribution in [1.29, 1.82) is 5.26 Å². The van der Waals surface area contributed by atoms with Crippen LogP contribution in [-0.2, 0) is 6.42 Å². The Kier molecular flexibility index (Phi) is 3.38. The predicted octanol–water partition coefficient (Wildman–Crippen LogP) is 2.96. The van der Waals surface area contributed by atoms with Crippen LogP contribution in [0.1, 0.15) is 24.8 Å². The molecule has 1 saturated heterocycles. The van der Waals surface area contributed by atoms with Crippen molar-refractivity contribution >= 4 is 17.3 Å². The summed E-state index contributed by atoms with van der Waals surface area (Å²) in [5, 5.41) is 16.4. The zero-order chi connectivity index (χ0) is 13.3. The van der Waals surface area contributed by atoms with E-state index in [1.54, 1.807) is 0 Å². The maximum absolute atomic E-state index is 8.68. The molecule has 1 aromatic rings. The fourth-order valence-corrected chi connectivity index (χ4v) is 3.59. The monoisotopic (exact) mass is 275 g/mol. The van der Waals surface area contributed by atoms with E-state index in [-0.39, 0.29) is 0 Å². The normalized spacial score (nSPS) is 28.9. The minimum atomic E-state index is 0.415. The van der Waals surface area contributed by atoms with Crippen LogP contribution in [0.25, 0.3) is 0 Å². The number of nitrogens with one attached hydrogen (secondary N) is 2. The maximum atomic E-state index is 8.68. The van der Waals surface area contributed by atoms with Gasteiger partial charge in [-0.25, -0.2) is 0 Å². The molecule has 1 saturated carbocycles. The molecule has 3 rings (SSSR count). The number of nitrogens with zero attached hydrogens (tertiary/aromatic N) is 1. The van der Waals surface area contributed by atoms with Crippen LogP contribution in [0, 0.1) is 16.7 Å². The third-order valence-electron chi connectivity index (χ3n) is 4.37. The summed E-state index contributed by atoms with van der Waals surface area (Å²) < 4.78 is 0. The lowest BCUT2D eigenvalue weighted by Gasteiger charge is -2.45. The zero-order valence-electron chi connectivity index (χ0n) is 10.9. The molecular formula is C15H18ClN3. The second-order valence-electron chi connectivity index (χ2n) is 5.83. The van der Waals surface area contributed by atoms with Crippen LogP contribution in [0.2, 0.25) is 5.02 Å². The summed E-state index contributed by atoms with van der Waals surface area (Å²) in [5.41, 5.74) is 2.52. The molecule has 1 aliphatic carbocycles. The second-order valence-corrected chi connectivity index (χ2v) is 6.23. The summed E-state index contributed by atoms with van der Waals surface area (Å²) in [7, 11) is 0. The Balaban J connectivity index is 1.60. The van der Waals surface area contributed by atoms with Gasteiger partial charge in [0.15, 0.2) is 0 Å². The highest BCUT2D eigenvalue weighted by molar-refractivity contribution is 6.33. The van der Waals surface area contributed by atoms with Crippen LogP contribution < -0.4 is 10.6 Å². The molecule has 1 aliphatic heterocycles. The van der Waals surface area contributed by atoms with Crippen molar-refractivity contribution in [2.75, 3.05) is 18.4 Å². The van der Waals surface area contributed by atoms with E-state index in [1.165, 1.54) is 25.8 Å². The largest absolute Gasteiger partial charge is 0.381 e. The van der Waals surface area contributed by atoms with Gasteiger partial charge in [-0.05, 0) is 48.9 Å². The molecule has 1 heterocycles. The SMILES string of the molecule is N#CCc1ccc(NC2CC3(CCNC3)C2)c(Cl)c1. The van der Waals surface area contributed by atoms with Gasteiger partial charge in [-0.2, -0.15) is 5.26 Å². The number of hydrogen-bond acceptors (Lipinski definition) is 3. The standard InChI is InChI=1S/C15H18ClN3/c16-13-7-11(3-5-17)1-2-14(13)19-12-8-15(9-12)4-6-18-10-15/h1-2,7,12,18-19H,3-4,6,8-10H2. The quantitative estimate of drug-likeness (QED) is 0.892. The molecule has 2 fully saturated rings. The molecule has 0 aromatic heterocycles. The van der Waals surface area contributed by atoms with E-state index in [0.29, 0.717) is 17.9 Å². The van der Waals surface area contributed by atoms with Gasteiger partial charge in [0.1, 0.15) is 0 Å². The summed E-state index contributed by atoms with van der Waals surface area (Å²) in [6.45, 7) is 2.33. The molecule has 3 nitrogen and oxygen atoms in total. The van der Waals surface area contributed by atoms with Crippen LogP contribution in [0.5, 0.6) is 0 Å². The fourth-order valence-electron chi connectivity index (χ4n) is 3.33. The van der Waals surface area contributed by atoms with Crippen molar-refractivity contribution in [3.63, 3.8) is 0 Å². The lowest BCUT2D eigenvalue weighted by atomic mass is 9.65. The Morgan fingerprint density at radius 1 is 1.47 bits per heavy atom. The topological polar surface area (TPSA) is 47.9 Å². The Morgan fingerprint density at radius 2 is 2.32 bits per heavy atom. The molecule has 0 radical (unpaired) electrons. The second kappa shape index (κ2) is 5.03. The number of anilines is 1. The van der Waals surface area contributed by atoms with Crippen molar-refractivity contribution in [3.05, 3.63) is 28.8 Å². The minimum Gasteiger partial charge on any atom is -0.381 e. The number of rotatable bonds is 3. The van der Waals surface area contributed by atoms with Gasteiger partial charge in [0.25, 0.3) is 0 Å². The van der Waals surface area contributed by atoms with Crippen LogP contribution >= 0.6 is 11.6 Å². The summed E-state index contributed by atoms with van der Waals surface area (Å²) in [5.74, 6) is 0. The lowest BCUT2D eigenvalue weighted by molar-refractivity contribution is 0.142. The summed E-state index contributed by atoms with van der Waals surface area (Å²) in [6, 6.07) is 8.54. The van der Waals surface area contributed by atoms with Crippen molar-refractivity contribution in [1.82, 2.24) is 5.32 Å². The average Bonchev–Trinajstić information content (AvgIpc) is 2.81. The first-order chi connectivity index (χ1) is 9.21.